The lowest BCUT2D eigenvalue weighted by molar-refractivity contribution is -0.189. The molecule has 0 aromatic carbocycles. The maximum Gasteiger partial charge on any atom is 0.0880 e. The van der Waals surface area contributed by atoms with E-state index in [0.29, 0.717) is 34.5 Å². The lowest BCUT2D eigenvalue weighted by Gasteiger charge is -2.63. The minimum atomic E-state index is -0.522. The van der Waals surface area contributed by atoms with E-state index in [9.17, 15) is 15.3 Å². The summed E-state index contributed by atoms with van der Waals surface area (Å²) in [6.07, 6.45) is 7.55. The molecule has 4 unspecified atom stereocenters. The normalized spacial score (nSPS) is 59.4. The summed E-state index contributed by atoms with van der Waals surface area (Å²) in [5.74, 6) is 1.91. The Bertz CT molecular complexity index is 893. The average molecular weight is 489 g/mol. The molecular formula is C31H52O4. The third kappa shape index (κ3) is 2.74. The van der Waals surface area contributed by atoms with Gasteiger partial charge >= 0.3 is 0 Å². The second kappa shape index (κ2) is 7.07. The largest absolute Gasteiger partial charge is 0.393 e. The zero-order valence-electron chi connectivity index (χ0n) is 23.6. The first kappa shape index (κ1) is 25.1. The highest BCUT2D eigenvalue weighted by Crippen LogP contribution is 2.89. The van der Waals surface area contributed by atoms with Gasteiger partial charge in [0.1, 0.15) is 0 Å². The van der Waals surface area contributed by atoms with Gasteiger partial charge in [0.15, 0.2) is 0 Å². The third-order valence-corrected chi connectivity index (χ3v) is 14.0. The van der Waals surface area contributed by atoms with Crippen LogP contribution in [0.15, 0.2) is 0 Å². The van der Waals surface area contributed by atoms with Crippen LogP contribution in [0.4, 0.5) is 0 Å². The first-order valence-electron chi connectivity index (χ1n) is 14.8. The molecule has 0 amide bonds. The Balaban J connectivity index is 1.36. The van der Waals surface area contributed by atoms with Gasteiger partial charge in [-0.05, 0) is 102 Å². The fourth-order valence-electron chi connectivity index (χ4n) is 12.1. The summed E-state index contributed by atoms with van der Waals surface area (Å²) in [6.45, 7) is 18.2. The summed E-state index contributed by atoms with van der Waals surface area (Å²) in [5, 5.41) is 34.3. The van der Waals surface area contributed by atoms with Gasteiger partial charge in [0, 0.05) is 5.41 Å². The smallest absolute Gasteiger partial charge is 0.0880 e. The molecule has 6 rings (SSSR count). The molecule has 200 valence electrons. The van der Waals surface area contributed by atoms with Gasteiger partial charge < -0.3 is 20.1 Å². The van der Waals surface area contributed by atoms with E-state index in [2.05, 4.69) is 55.4 Å². The second-order valence-electron chi connectivity index (χ2n) is 16.4. The summed E-state index contributed by atoms with van der Waals surface area (Å²) < 4.78 is 6.75. The van der Waals surface area contributed by atoms with E-state index >= 15 is 0 Å². The molecule has 13 atom stereocenters. The highest BCUT2D eigenvalue weighted by molar-refractivity contribution is 5.32. The first-order chi connectivity index (χ1) is 16.1. The molecule has 3 N–H and O–H groups in total. The minimum Gasteiger partial charge on any atom is -0.393 e. The maximum atomic E-state index is 12.2. The summed E-state index contributed by atoms with van der Waals surface area (Å²) in [6, 6.07) is 0. The van der Waals surface area contributed by atoms with E-state index in [1.807, 2.05) is 0 Å². The van der Waals surface area contributed by atoms with Gasteiger partial charge in [-0.15, -0.1) is 0 Å². The maximum absolute atomic E-state index is 12.2. The fourth-order valence-corrected chi connectivity index (χ4v) is 12.1. The lowest BCUT2D eigenvalue weighted by atomic mass is 9.41. The number of ether oxygens (including phenoxy) is 1. The van der Waals surface area contributed by atoms with Crippen molar-refractivity contribution in [2.75, 3.05) is 0 Å². The Morgan fingerprint density at radius 2 is 1.51 bits per heavy atom. The molecule has 1 aliphatic heterocycles. The van der Waals surface area contributed by atoms with Gasteiger partial charge in [0.05, 0.1) is 30.5 Å². The summed E-state index contributed by atoms with van der Waals surface area (Å²) in [5.41, 5.74) is 0.361. The fraction of sp³-hybridized carbons (Fsp3) is 1.00. The van der Waals surface area contributed by atoms with Crippen molar-refractivity contribution in [2.24, 2.45) is 56.2 Å². The Hall–Kier alpha value is -0.160. The molecule has 4 nitrogen and oxygen atoms in total. The lowest BCUT2D eigenvalue weighted by Crippen LogP contribution is -2.59. The first-order valence-corrected chi connectivity index (χ1v) is 14.8. The Kier molecular flexibility index (Phi) is 5.08. The van der Waals surface area contributed by atoms with Gasteiger partial charge in [-0.1, -0.05) is 55.4 Å². The van der Waals surface area contributed by atoms with Crippen LogP contribution in [0.25, 0.3) is 0 Å². The number of aliphatic hydroxyl groups is 3. The van der Waals surface area contributed by atoms with E-state index in [4.69, 9.17) is 4.74 Å². The van der Waals surface area contributed by atoms with Gasteiger partial charge in [0.25, 0.3) is 0 Å². The summed E-state index contributed by atoms with van der Waals surface area (Å²) in [7, 11) is 0. The molecule has 1 heterocycles. The van der Waals surface area contributed by atoms with E-state index in [1.165, 1.54) is 38.5 Å². The third-order valence-electron chi connectivity index (χ3n) is 14.0. The molecule has 35 heavy (non-hydrogen) atoms. The average Bonchev–Trinajstić information content (AvgIpc) is 3.40. The SMILES string of the molecule is C[C@@H]1CC([C@@H](O)C(C)(C)C)OC2[C@H]1[C@@]1(C)CC[C@@]34C[C@@]35CCC(O)C(C)(C)[C@@H]5CCC4[C@]1(C)[C@H]2O. The van der Waals surface area contributed by atoms with Crippen molar-refractivity contribution in [3.8, 4) is 0 Å². The predicted octanol–water partition coefficient (Wildman–Crippen LogP) is 5.57. The van der Waals surface area contributed by atoms with E-state index < -0.39 is 12.2 Å². The van der Waals surface area contributed by atoms with Gasteiger partial charge in [-0.25, -0.2) is 0 Å². The summed E-state index contributed by atoms with van der Waals surface area (Å²) >= 11 is 0. The molecule has 6 aliphatic rings. The molecule has 5 aliphatic carbocycles. The van der Waals surface area contributed by atoms with Crippen LogP contribution >= 0.6 is 0 Å². The Labute approximate surface area is 213 Å². The van der Waals surface area contributed by atoms with Crippen LogP contribution in [-0.2, 0) is 4.74 Å². The standard InChI is InChI=1S/C31H52O4/c1-17-15-18(24(33)26(2,3)4)35-23-22(17)28(7)13-14-31-16-30(31)12-11-21(32)27(5,6)19(30)9-10-20(31)29(28,8)25(23)34/h17-25,32-34H,9-16H2,1-8H3/t17-,18?,19+,20?,21?,22+,23?,24-,25+,28-,29-,30-,31+/m1/s1. The molecular weight excluding hydrogens is 436 g/mol. The highest BCUT2D eigenvalue weighted by atomic mass is 16.5. The van der Waals surface area contributed by atoms with Crippen molar-refractivity contribution in [2.45, 2.75) is 137 Å². The van der Waals surface area contributed by atoms with Gasteiger partial charge in [-0.3, -0.25) is 0 Å². The monoisotopic (exact) mass is 488 g/mol. The van der Waals surface area contributed by atoms with E-state index in [0.717, 1.165) is 12.8 Å². The van der Waals surface area contributed by atoms with Crippen molar-refractivity contribution in [1.29, 1.82) is 0 Å². The Morgan fingerprint density at radius 1 is 0.886 bits per heavy atom. The van der Waals surface area contributed by atoms with Crippen molar-refractivity contribution in [1.82, 2.24) is 0 Å². The molecule has 5 saturated carbocycles. The van der Waals surface area contributed by atoms with Crippen LogP contribution in [-0.4, -0.2) is 45.8 Å². The number of hydrogen-bond donors (Lipinski definition) is 3. The topological polar surface area (TPSA) is 69.9 Å². The number of rotatable bonds is 1. The molecule has 0 radical (unpaired) electrons. The number of hydrogen-bond acceptors (Lipinski definition) is 4. The quantitative estimate of drug-likeness (QED) is 0.451. The van der Waals surface area contributed by atoms with E-state index in [1.54, 1.807) is 0 Å². The molecule has 0 aromatic heterocycles. The van der Waals surface area contributed by atoms with Crippen molar-refractivity contribution in [3.63, 3.8) is 0 Å². The van der Waals surface area contributed by atoms with Gasteiger partial charge in [-0.2, -0.15) is 0 Å². The van der Waals surface area contributed by atoms with Crippen LogP contribution in [0.2, 0.25) is 0 Å². The van der Waals surface area contributed by atoms with Crippen LogP contribution in [0, 0.1) is 56.2 Å². The molecule has 6 fully saturated rings. The molecule has 0 aromatic rings. The molecule has 0 bridgehead atoms. The number of fused-ring (bicyclic) bond motifs is 4. The Morgan fingerprint density at radius 3 is 2.17 bits per heavy atom. The number of aliphatic hydroxyl groups excluding tert-OH is 3. The zero-order valence-corrected chi connectivity index (χ0v) is 23.6. The van der Waals surface area contributed by atoms with Crippen LogP contribution in [0.5, 0.6) is 0 Å². The van der Waals surface area contributed by atoms with Crippen molar-refractivity contribution < 1.29 is 20.1 Å². The van der Waals surface area contributed by atoms with Crippen LogP contribution < -0.4 is 0 Å². The van der Waals surface area contributed by atoms with Crippen molar-refractivity contribution in [3.05, 3.63) is 0 Å². The van der Waals surface area contributed by atoms with Crippen LogP contribution in [0.3, 0.4) is 0 Å². The second-order valence-corrected chi connectivity index (χ2v) is 16.4. The molecule has 1 saturated heterocycles. The zero-order chi connectivity index (χ0) is 25.6. The summed E-state index contributed by atoms with van der Waals surface area (Å²) in [4.78, 5) is 0. The predicted molar refractivity (Wildman–Crippen MR) is 138 cm³/mol. The van der Waals surface area contributed by atoms with Crippen LogP contribution in [0.1, 0.15) is 107 Å². The van der Waals surface area contributed by atoms with Crippen molar-refractivity contribution >= 4 is 0 Å². The van der Waals surface area contributed by atoms with Gasteiger partial charge in [0.2, 0.25) is 0 Å². The minimum absolute atomic E-state index is 0.00933. The van der Waals surface area contributed by atoms with E-state index in [-0.39, 0.29) is 40.0 Å². The molecule has 4 heteroatoms. The molecule has 2 spiro atoms. The highest BCUT2D eigenvalue weighted by Gasteiger charge is 2.84.